The Balaban J connectivity index is 2.18. The molecule has 0 atom stereocenters. The van der Waals surface area contributed by atoms with Crippen LogP contribution in [0.25, 0.3) is 10.9 Å². The van der Waals surface area contributed by atoms with Gasteiger partial charge in [-0.25, -0.2) is 4.39 Å². The highest BCUT2D eigenvalue weighted by Gasteiger charge is 2.22. The minimum absolute atomic E-state index is 0.0207. The van der Waals surface area contributed by atoms with Gasteiger partial charge in [-0.15, -0.1) is 0 Å². The average Bonchev–Trinajstić information content (AvgIpc) is 2.89. The van der Waals surface area contributed by atoms with Crippen molar-refractivity contribution in [1.29, 1.82) is 0 Å². The smallest absolute Gasteiger partial charge is 0.280 e. The summed E-state index contributed by atoms with van der Waals surface area (Å²) in [4.78, 5) is 25.8. The van der Waals surface area contributed by atoms with Crippen molar-refractivity contribution in [3.05, 3.63) is 75.7 Å². The minimum Gasteiger partial charge on any atom is -0.360 e. The lowest BCUT2D eigenvalue weighted by Gasteiger charge is -2.01. The van der Waals surface area contributed by atoms with Gasteiger partial charge >= 0.3 is 0 Å². The standard InChI is InChI=1S/C15H9FN2O3/c16-9-5-6-13-11(7-9)12(8-17-13)15(19)10-3-1-2-4-14(10)18(20)21/h1-8,17H. The van der Waals surface area contributed by atoms with E-state index in [4.69, 9.17) is 0 Å². The number of ketones is 1. The van der Waals surface area contributed by atoms with Gasteiger partial charge in [0.2, 0.25) is 5.78 Å². The highest BCUT2D eigenvalue weighted by molar-refractivity contribution is 6.18. The lowest BCUT2D eigenvalue weighted by atomic mass is 10.0. The zero-order valence-electron chi connectivity index (χ0n) is 10.7. The second-order valence-corrected chi connectivity index (χ2v) is 4.50. The molecule has 1 N–H and O–H groups in total. The van der Waals surface area contributed by atoms with Crippen LogP contribution in [0.5, 0.6) is 0 Å². The second-order valence-electron chi connectivity index (χ2n) is 4.50. The maximum absolute atomic E-state index is 13.3. The van der Waals surface area contributed by atoms with Crippen LogP contribution in [0.1, 0.15) is 15.9 Å². The SMILES string of the molecule is O=C(c1ccccc1[N+](=O)[O-])c1c[nH]c2ccc(F)cc12. The summed E-state index contributed by atoms with van der Waals surface area (Å²) in [5, 5.41) is 11.4. The summed E-state index contributed by atoms with van der Waals surface area (Å²) in [7, 11) is 0. The number of nitro benzene ring substituents is 1. The van der Waals surface area contributed by atoms with Crippen molar-refractivity contribution in [1.82, 2.24) is 4.98 Å². The Hall–Kier alpha value is -3.02. The molecule has 3 rings (SSSR count). The fourth-order valence-electron chi connectivity index (χ4n) is 2.25. The van der Waals surface area contributed by atoms with Gasteiger partial charge < -0.3 is 4.98 Å². The number of nitrogens with one attached hydrogen (secondary N) is 1. The van der Waals surface area contributed by atoms with Gasteiger partial charge in [0.1, 0.15) is 11.4 Å². The fourth-order valence-corrected chi connectivity index (χ4v) is 2.25. The van der Waals surface area contributed by atoms with Crippen LogP contribution in [0, 0.1) is 15.9 Å². The van der Waals surface area contributed by atoms with Crippen LogP contribution in [-0.2, 0) is 0 Å². The molecule has 104 valence electrons. The number of nitro groups is 1. The van der Waals surface area contributed by atoms with E-state index in [1.54, 1.807) is 6.07 Å². The molecule has 0 bridgehead atoms. The number of benzene rings is 2. The molecule has 0 amide bonds. The van der Waals surface area contributed by atoms with E-state index in [9.17, 15) is 19.3 Å². The van der Waals surface area contributed by atoms with Gasteiger partial charge in [0.15, 0.2) is 0 Å². The van der Waals surface area contributed by atoms with Crippen molar-refractivity contribution in [2.45, 2.75) is 0 Å². The normalized spacial score (nSPS) is 10.7. The molecule has 0 radical (unpaired) electrons. The number of para-hydroxylation sites is 1. The van der Waals surface area contributed by atoms with Gasteiger partial charge in [-0.3, -0.25) is 14.9 Å². The van der Waals surface area contributed by atoms with Crippen LogP contribution in [-0.4, -0.2) is 15.7 Å². The van der Waals surface area contributed by atoms with Gasteiger partial charge in [0.05, 0.1) is 4.92 Å². The number of fused-ring (bicyclic) bond motifs is 1. The Morgan fingerprint density at radius 1 is 1.14 bits per heavy atom. The molecule has 0 aliphatic rings. The van der Waals surface area contributed by atoms with E-state index in [-0.39, 0.29) is 16.8 Å². The summed E-state index contributed by atoms with van der Waals surface area (Å²) >= 11 is 0. The predicted octanol–water partition coefficient (Wildman–Crippen LogP) is 3.45. The van der Waals surface area contributed by atoms with Crippen molar-refractivity contribution < 1.29 is 14.1 Å². The van der Waals surface area contributed by atoms with Crippen molar-refractivity contribution in [3.8, 4) is 0 Å². The number of nitrogens with zero attached hydrogens (tertiary/aromatic N) is 1. The maximum Gasteiger partial charge on any atom is 0.280 e. The van der Waals surface area contributed by atoms with E-state index in [2.05, 4.69) is 4.98 Å². The summed E-state index contributed by atoms with van der Waals surface area (Å²) in [6, 6.07) is 9.72. The molecule has 0 aliphatic carbocycles. The first-order valence-electron chi connectivity index (χ1n) is 6.12. The van der Waals surface area contributed by atoms with Crippen LogP contribution in [0.15, 0.2) is 48.7 Å². The zero-order chi connectivity index (χ0) is 15.0. The summed E-state index contributed by atoms with van der Waals surface area (Å²) < 4.78 is 13.3. The maximum atomic E-state index is 13.3. The second kappa shape index (κ2) is 4.82. The van der Waals surface area contributed by atoms with E-state index in [1.165, 1.54) is 42.6 Å². The zero-order valence-corrected chi connectivity index (χ0v) is 10.7. The third kappa shape index (κ3) is 2.16. The molecule has 1 heterocycles. The first-order valence-corrected chi connectivity index (χ1v) is 6.12. The number of carbonyl (C=O) groups excluding carboxylic acids is 1. The molecule has 3 aromatic rings. The monoisotopic (exact) mass is 284 g/mol. The molecule has 0 unspecified atom stereocenters. The van der Waals surface area contributed by atoms with Crippen LogP contribution in [0.2, 0.25) is 0 Å². The number of rotatable bonds is 3. The third-order valence-electron chi connectivity index (χ3n) is 3.23. The number of hydrogen-bond acceptors (Lipinski definition) is 3. The third-order valence-corrected chi connectivity index (χ3v) is 3.23. The fraction of sp³-hybridized carbons (Fsp3) is 0. The Labute approximate surface area is 118 Å². The van der Waals surface area contributed by atoms with Crippen LogP contribution < -0.4 is 0 Å². The molecule has 21 heavy (non-hydrogen) atoms. The van der Waals surface area contributed by atoms with E-state index >= 15 is 0 Å². The van der Waals surface area contributed by atoms with Crippen molar-refractivity contribution in [2.24, 2.45) is 0 Å². The predicted molar refractivity (Wildman–Crippen MR) is 74.8 cm³/mol. The Bertz CT molecular complexity index is 870. The molecular weight excluding hydrogens is 275 g/mol. The molecular formula is C15H9FN2O3. The van der Waals surface area contributed by atoms with Crippen molar-refractivity contribution in [2.75, 3.05) is 0 Å². The first-order chi connectivity index (χ1) is 10.1. The van der Waals surface area contributed by atoms with Crippen molar-refractivity contribution in [3.63, 3.8) is 0 Å². The van der Waals surface area contributed by atoms with E-state index in [1.807, 2.05) is 0 Å². The van der Waals surface area contributed by atoms with Gasteiger partial charge in [-0.05, 0) is 24.3 Å². The van der Waals surface area contributed by atoms with Gasteiger partial charge in [0.25, 0.3) is 5.69 Å². The number of aromatic nitrogens is 1. The summed E-state index contributed by atoms with van der Waals surface area (Å²) in [5.74, 6) is -0.988. The van der Waals surface area contributed by atoms with Gasteiger partial charge in [0, 0.05) is 28.7 Å². The first kappa shape index (κ1) is 13.0. The topological polar surface area (TPSA) is 76.0 Å². The molecule has 0 spiro atoms. The van der Waals surface area contributed by atoms with Crippen LogP contribution in [0.3, 0.4) is 0 Å². The molecule has 2 aromatic carbocycles. The molecule has 1 aromatic heterocycles. The highest BCUT2D eigenvalue weighted by atomic mass is 19.1. The van der Waals surface area contributed by atoms with E-state index in [0.717, 1.165) is 0 Å². The largest absolute Gasteiger partial charge is 0.360 e. The van der Waals surface area contributed by atoms with Gasteiger partial charge in [-0.1, -0.05) is 12.1 Å². The number of hydrogen-bond donors (Lipinski definition) is 1. The van der Waals surface area contributed by atoms with E-state index < -0.39 is 16.5 Å². The number of halogens is 1. The number of H-pyrrole nitrogens is 1. The summed E-state index contributed by atoms with van der Waals surface area (Å²) in [5.41, 5.74) is 0.512. The molecule has 0 fully saturated rings. The van der Waals surface area contributed by atoms with Crippen molar-refractivity contribution >= 4 is 22.4 Å². The lowest BCUT2D eigenvalue weighted by Crippen LogP contribution is -2.04. The van der Waals surface area contributed by atoms with Crippen LogP contribution >= 0.6 is 0 Å². The van der Waals surface area contributed by atoms with Crippen LogP contribution in [0.4, 0.5) is 10.1 Å². The number of carbonyl (C=O) groups is 1. The Morgan fingerprint density at radius 3 is 2.67 bits per heavy atom. The molecule has 0 saturated heterocycles. The molecule has 6 heteroatoms. The number of aromatic amines is 1. The average molecular weight is 284 g/mol. The quantitative estimate of drug-likeness (QED) is 0.454. The Kier molecular flexibility index (Phi) is 2.98. The molecule has 0 aliphatic heterocycles. The molecule has 0 saturated carbocycles. The lowest BCUT2D eigenvalue weighted by molar-refractivity contribution is -0.385. The summed E-state index contributed by atoms with van der Waals surface area (Å²) in [6.45, 7) is 0. The molecule has 5 nitrogen and oxygen atoms in total. The van der Waals surface area contributed by atoms with Gasteiger partial charge in [-0.2, -0.15) is 0 Å². The Morgan fingerprint density at radius 2 is 1.90 bits per heavy atom. The van der Waals surface area contributed by atoms with E-state index in [0.29, 0.717) is 10.9 Å². The highest BCUT2D eigenvalue weighted by Crippen LogP contribution is 2.26. The minimum atomic E-state index is -0.608. The summed E-state index contributed by atoms with van der Waals surface area (Å²) in [6.07, 6.45) is 1.43.